The minimum absolute atomic E-state index is 0.108. The Balaban J connectivity index is 0.980. The summed E-state index contributed by atoms with van der Waals surface area (Å²) in [5.41, 5.74) is 9.67. The van der Waals surface area contributed by atoms with Gasteiger partial charge in [-0.2, -0.15) is 4.98 Å². The zero-order valence-corrected chi connectivity index (χ0v) is 70.1. The van der Waals surface area contributed by atoms with E-state index in [1.54, 1.807) is 20.8 Å². The van der Waals surface area contributed by atoms with Crippen molar-refractivity contribution < 1.29 is 140 Å². The number of nitrogens with two attached hydrogens (primary N) is 2. The summed E-state index contributed by atoms with van der Waals surface area (Å²) in [4.78, 5) is 162. The summed E-state index contributed by atoms with van der Waals surface area (Å²) in [5.74, 6) is -17.8. The monoisotopic (exact) mass is 1840 g/mol. The normalized spacial score (nSPS) is 25.5. The Morgan fingerprint density at radius 1 is 0.713 bits per heavy atom. The Labute approximate surface area is 738 Å². The van der Waals surface area contributed by atoms with E-state index in [0.717, 1.165) is 89.5 Å². The summed E-state index contributed by atoms with van der Waals surface area (Å²) in [6.07, 6.45) is -24.1. The second kappa shape index (κ2) is 39.9. The van der Waals surface area contributed by atoms with E-state index in [1.165, 1.54) is 44.4 Å². The van der Waals surface area contributed by atoms with Crippen molar-refractivity contribution in [3.05, 3.63) is 169 Å². The first kappa shape index (κ1) is 95.3. The number of nitrogens with one attached hydrogen (secondary N) is 11. The van der Waals surface area contributed by atoms with Crippen LogP contribution in [0.5, 0.6) is 51.7 Å². The summed E-state index contributed by atoms with van der Waals surface area (Å²) < 4.78 is 82.5. The molecule has 42 nitrogen and oxygen atoms in total. The Bertz CT molecular complexity index is 5530. The molecule has 11 amide bonds. The average Bonchev–Trinajstić information content (AvgIpc) is 0.764. The van der Waals surface area contributed by atoms with Crippen molar-refractivity contribution in [1.82, 2.24) is 62.9 Å². The molecule has 7 aliphatic heterocycles. The molecule has 0 aliphatic carbocycles. The minimum atomic E-state index is -4.95. The number of rotatable bonds is 21. The van der Waals surface area contributed by atoms with E-state index < -0.39 is 283 Å². The molecule has 11 bridgehead atoms. The van der Waals surface area contributed by atoms with E-state index in [9.17, 15) is 87.9 Å². The van der Waals surface area contributed by atoms with E-state index in [2.05, 4.69) is 57.6 Å². The van der Waals surface area contributed by atoms with Crippen molar-refractivity contribution in [2.45, 2.75) is 176 Å². The molecule has 690 valence electrons. The first-order valence-corrected chi connectivity index (χ1v) is 40.5. The Hall–Kier alpha value is -12.8. The average molecular weight is 1850 g/mol. The number of urea groups is 1. The molecule has 0 radical (unpaired) electrons. The number of anilines is 1. The first-order chi connectivity index (χ1) is 61.0. The van der Waals surface area contributed by atoms with Crippen LogP contribution < -0.4 is 94.8 Å². The zero-order valence-electron chi connectivity index (χ0n) is 68.6. The number of aliphatic hydroxyl groups is 6. The topological polar surface area (TPSA) is 637 Å². The third-order valence-corrected chi connectivity index (χ3v) is 22.2. The molecule has 6 aromatic carbocycles. The minimum Gasteiger partial charge on any atom is -0.508 e. The highest BCUT2D eigenvalue weighted by atomic mass is 35.5. The van der Waals surface area contributed by atoms with Crippen molar-refractivity contribution in [2.75, 3.05) is 25.5 Å². The number of alkyl halides is 3. The van der Waals surface area contributed by atoms with Gasteiger partial charge in [-0.3, -0.25) is 53.1 Å². The van der Waals surface area contributed by atoms with Gasteiger partial charge in [0.25, 0.3) is 5.91 Å². The fourth-order valence-electron chi connectivity index (χ4n) is 15.2. The number of phenols is 3. The van der Waals surface area contributed by atoms with Crippen LogP contribution in [0.4, 0.5) is 23.8 Å². The lowest BCUT2D eigenvalue weighted by atomic mass is 9.85. The number of benzene rings is 6. The number of nitrogens with zero attached hydrogens (tertiary/aromatic N) is 2. The number of primary amides is 2. The van der Waals surface area contributed by atoms with Crippen LogP contribution in [-0.2, 0) is 70.3 Å². The molecule has 47 heteroatoms. The van der Waals surface area contributed by atoms with Crippen LogP contribution in [0.15, 0.2) is 120 Å². The smallest absolute Gasteiger partial charge is 0.508 e. The van der Waals surface area contributed by atoms with Gasteiger partial charge in [0.1, 0.15) is 107 Å². The fourth-order valence-corrected chi connectivity index (χ4v) is 15.6. The number of amides is 11. The number of likely N-dealkylation sites (N-methyl/N-ethyl adjacent to an activating group) is 1. The fraction of sp³-hybridized carbons (Fsp3) is 0.390. The van der Waals surface area contributed by atoms with Gasteiger partial charge in [-0.05, 0) is 139 Å². The van der Waals surface area contributed by atoms with Crippen molar-refractivity contribution in [3.8, 4) is 62.9 Å². The van der Waals surface area contributed by atoms with Gasteiger partial charge in [0.2, 0.25) is 59.3 Å². The predicted molar refractivity (Wildman–Crippen MR) is 440 cm³/mol. The van der Waals surface area contributed by atoms with Crippen LogP contribution >= 0.6 is 23.2 Å². The Morgan fingerprint density at radius 2 is 1.35 bits per heavy atom. The summed E-state index contributed by atoms with van der Waals surface area (Å²) in [6, 6.07) is 2.93. The lowest BCUT2D eigenvalue weighted by Gasteiger charge is -2.48. The maximum Gasteiger partial charge on any atom is 0.573 e. The van der Waals surface area contributed by atoms with Gasteiger partial charge < -0.3 is 138 Å². The summed E-state index contributed by atoms with van der Waals surface area (Å²) in [7, 11) is 1.45. The largest absolute Gasteiger partial charge is 0.573 e. The number of carbonyl (C=O) groups excluding carboxylic acids is 10. The molecule has 0 saturated carbocycles. The van der Waals surface area contributed by atoms with E-state index in [4.69, 9.17) is 63.1 Å². The quantitative estimate of drug-likeness (QED) is 0.0440. The SMILES string of the molecule is CN[C@H](CC(C)C)C(=O)N[C@H]1C(=O)NC(CC(N)=O)C(=O)NC2C(=O)NC3C(=O)N[C@H](C(=O)N[C@@H](C(=O)NNC(N)=O)c4cc(O)cc(O)c4-c4cc3ccc4O)[C@H](O)c3ccc(c(Cl)c3)Oc3cc2cc(c3O[C@@H]2O[C@H](CO)[C@@H](O)[C@H](O)[C@H]2O[C@H]2C[C@](C)(NCCn3ccc(NC(=O)Cc4ccc(OC(F)(F)F)cc4)nc3=O)[C@H](O)[C@H](C)O2)Oc2ccc(cc2Cl)[C@H]1O. The van der Waals surface area contributed by atoms with Gasteiger partial charge in [-0.25, -0.2) is 15.0 Å². The molecule has 2 saturated heterocycles. The number of carbonyl (C=O) groups is 10. The molecule has 7 aliphatic rings. The predicted octanol–water partition coefficient (Wildman–Crippen LogP) is 0.689. The number of aromatic hydroxyl groups is 3. The Kier molecular flexibility index (Phi) is 29.5. The van der Waals surface area contributed by atoms with Crippen molar-refractivity contribution in [3.63, 3.8) is 0 Å². The molecular formula is C82H90Cl2F3N15O27. The number of hydrogen-bond acceptors (Lipinski definition) is 30. The second-order valence-electron chi connectivity index (χ2n) is 31.4. The van der Waals surface area contributed by atoms with Crippen LogP contribution in [0.1, 0.15) is 111 Å². The number of phenolic OH excluding ortho intramolecular Hbond substituents is 3. The van der Waals surface area contributed by atoms with E-state index in [1.807, 2.05) is 10.9 Å². The molecule has 14 rings (SSSR count). The Morgan fingerprint density at radius 3 is 1.96 bits per heavy atom. The standard InChI is InChI=1S/C82H90Cl2F3N15O27/c1-32(2)20-45(90-5)71(114)98-62-64(109)36-9-14-49(43(83)23-36)124-51-25-38-26-52(68(51)128-78-69(67(112)66(111)53(31-103)126-78)127-57-30-81(4,70(113)33(3)123-57)91-17-19-102-18-16-55(94-80(102)122)93-56(108)21-34-6-11-40(12-7-34)129-82(85,86)87)125-50-15-10-37(24-44(50)84)65(110)63-76(119)97-61(77(120)100-101-79(89)121)42-27-39(104)28-48(106)58(42)41-22-35(8-13-47(41)105)59(73(116)99-63)96-74(117)60(38)95-72(115)46(29-54(88)107)92-75(62)118/h6-16,18,22-28,32-33,45-46,53,57,59-67,69-70,78,90-91,103-106,109-113H,17,19-21,29-31H2,1-5H3,(H2,88,107)(H,92,118)(H,95,115)(H,96,117)(H,97,119)(H,98,114)(H,99,116)(H,100,120)(H3,89,101,121)(H,93,94,108,122)/t33-,45+,46?,53+,57-,59?,60?,61+,62+,63-,64+,65+,66+,67-,69+,70+,78-,81-/m0/s1. The third kappa shape index (κ3) is 22.3. The van der Waals surface area contributed by atoms with Crippen LogP contribution in [0.2, 0.25) is 10.0 Å². The van der Waals surface area contributed by atoms with Gasteiger partial charge in [0.15, 0.2) is 23.9 Å². The summed E-state index contributed by atoms with van der Waals surface area (Å²) in [5, 5.41) is 129. The number of aromatic nitrogens is 2. The van der Waals surface area contributed by atoms with Crippen molar-refractivity contribution in [1.29, 1.82) is 0 Å². The van der Waals surface area contributed by atoms with Crippen molar-refractivity contribution >= 4 is 88.2 Å². The van der Waals surface area contributed by atoms with Gasteiger partial charge in [-0.1, -0.05) is 67.4 Å². The molecule has 3 unspecified atom stereocenters. The van der Waals surface area contributed by atoms with Crippen LogP contribution in [0.25, 0.3) is 11.1 Å². The maximum absolute atomic E-state index is 16.3. The van der Waals surface area contributed by atoms with Crippen LogP contribution in [0, 0.1) is 5.92 Å². The van der Waals surface area contributed by atoms with Crippen LogP contribution in [0.3, 0.4) is 0 Å². The number of ether oxygens (including phenoxy) is 7. The number of hydrogen-bond donors (Lipinski definition) is 22. The van der Waals surface area contributed by atoms with Crippen molar-refractivity contribution in [2.24, 2.45) is 17.4 Å². The van der Waals surface area contributed by atoms with Crippen LogP contribution in [-0.4, -0.2) is 220 Å². The number of aliphatic hydroxyl groups excluding tert-OH is 6. The first-order valence-electron chi connectivity index (χ1n) is 39.7. The highest BCUT2D eigenvalue weighted by Crippen LogP contribution is 2.50. The van der Waals surface area contributed by atoms with Gasteiger partial charge in [-0.15, -0.1) is 13.2 Å². The summed E-state index contributed by atoms with van der Waals surface area (Å²) in [6.45, 7) is 5.28. The van der Waals surface area contributed by atoms with E-state index in [0.29, 0.717) is 5.56 Å². The summed E-state index contributed by atoms with van der Waals surface area (Å²) >= 11 is 14.3. The van der Waals surface area contributed by atoms with Gasteiger partial charge in [0.05, 0.1) is 47.7 Å². The highest BCUT2D eigenvalue weighted by Gasteiger charge is 2.53. The van der Waals surface area contributed by atoms with E-state index >= 15 is 24.0 Å². The molecule has 8 heterocycles. The van der Waals surface area contributed by atoms with E-state index in [-0.39, 0.29) is 55.2 Å². The molecular weight excluding hydrogens is 1750 g/mol. The van der Waals surface area contributed by atoms with Gasteiger partial charge >= 0.3 is 18.1 Å². The zero-order chi connectivity index (χ0) is 93.7. The number of fused-ring (bicyclic) bond motifs is 15. The molecule has 0 spiro atoms. The lowest BCUT2D eigenvalue weighted by molar-refractivity contribution is -0.334. The number of halogens is 5. The highest BCUT2D eigenvalue weighted by molar-refractivity contribution is 6.32. The second-order valence-corrected chi connectivity index (χ2v) is 32.2. The third-order valence-electron chi connectivity index (χ3n) is 21.6. The molecule has 1 aromatic heterocycles. The molecule has 7 aromatic rings. The molecule has 24 N–H and O–H groups in total. The lowest BCUT2D eigenvalue weighted by Crippen LogP contribution is -2.65. The molecule has 18 atom stereocenters. The number of hydrazine groups is 1. The molecule has 129 heavy (non-hydrogen) atoms. The maximum atomic E-state index is 16.3. The molecule has 2 fully saturated rings. The van der Waals surface area contributed by atoms with Gasteiger partial charge in [0, 0.05) is 48.4 Å².